The molecular weight excluding hydrogens is 525 g/mol. The van der Waals surface area contributed by atoms with Crippen LogP contribution in [0.25, 0.3) is 0 Å². The number of carbonyl (C=O) groups excluding carboxylic acids is 3. The van der Waals surface area contributed by atoms with Crippen LogP contribution in [0.2, 0.25) is 5.02 Å². The van der Waals surface area contributed by atoms with E-state index in [2.05, 4.69) is 20.9 Å². The Labute approximate surface area is 210 Å². The standard InChI is InChI=1S/C23H17ClF5N5O3/c1-30-22(37)20-32-19(33-21(36)10-6-11(23(27,28)29)8-13(26)7-10)18-17(31-16(35)4-5-34(18)20)14-9-12(25)2-3-15(14)24/h2-3,6-9,17H,4-5H2,1H3,(H,30,37)(H,31,35)(H,33,36). The van der Waals surface area contributed by atoms with Crippen LogP contribution in [-0.4, -0.2) is 34.3 Å². The molecule has 0 saturated carbocycles. The highest BCUT2D eigenvalue weighted by molar-refractivity contribution is 6.31. The van der Waals surface area contributed by atoms with Crippen LogP contribution < -0.4 is 16.0 Å². The molecule has 0 radical (unpaired) electrons. The molecule has 2 heterocycles. The van der Waals surface area contributed by atoms with Crippen molar-refractivity contribution in [1.82, 2.24) is 20.2 Å². The second-order valence-corrected chi connectivity index (χ2v) is 8.40. The van der Waals surface area contributed by atoms with E-state index in [4.69, 9.17) is 11.6 Å². The molecule has 2 aromatic carbocycles. The summed E-state index contributed by atoms with van der Waals surface area (Å²) < 4.78 is 68.8. The van der Waals surface area contributed by atoms with E-state index in [1.54, 1.807) is 0 Å². The number of alkyl halides is 3. The number of imidazole rings is 1. The lowest BCUT2D eigenvalue weighted by molar-refractivity contribution is -0.137. The number of halogens is 6. The van der Waals surface area contributed by atoms with Crippen LogP contribution in [0.3, 0.4) is 0 Å². The molecule has 0 spiro atoms. The number of amides is 3. The van der Waals surface area contributed by atoms with Gasteiger partial charge in [0.15, 0.2) is 5.82 Å². The normalized spacial score (nSPS) is 15.4. The Kier molecular flexibility index (Phi) is 6.91. The maximum Gasteiger partial charge on any atom is 0.416 e. The van der Waals surface area contributed by atoms with Gasteiger partial charge in [0.25, 0.3) is 11.8 Å². The summed E-state index contributed by atoms with van der Waals surface area (Å²) in [4.78, 5) is 42.1. The van der Waals surface area contributed by atoms with Gasteiger partial charge >= 0.3 is 6.18 Å². The molecule has 0 bridgehead atoms. The monoisotopic (exact) mass is 541 g/mol. The van der Waals surface area contributed by atoms with E-state index >= 15 is 0 Å². The minimum Gasteiger partial charge on any atom is -0.352 e. The number of rotatable bonds is 4. The van der Waals surface area contributed by atoms with Gasteiger partial charge in [0.1, 0.15) is 11.6 Å². The average molecular weight is 542 g/mol. The average Bonchev–Trinajstić information content (AvgIpc) is 3.09. The van der Waals surface area contributed by atoms with Crippen molar-refractivity contribution in [2.75, 3.05) is 12.4 Å². The minimum atomic E-state index is -4.92. The summed E-state index contributed by atoms with van der Waals surface area (Å²) in [7, 11) is 1.31. The van der Waals surface area contributed by atoms with Crippen LogP contribution >= 0.6 is 11.6 Å². The topological polar surface area (TPSA) is 105 Å². The van der Waals surface area contributed by atoms with Gasteiger partial charge in [-0.15, -0.1) is 0 Å². The molecule has 1 aliphatic rings. The molecule has 14 heteroatoms. The summed E-state index contributed by atoms with van der Waals surface area (Å²) in [5.41, 5.74) is -1.97. The van der Waals surface area contributed by atoms with Gasteiger partial charge in [-0.2, -0.15) is 13.2 Å². The van der Waals surface area contributed by atoms with Gasteiger partial charge in [0.05, 0.1) is 17.3 Å². The van der Waals surface area contributed by atoms with Crippen LogP contribution in [0, 0.1) is 11.6 Å². The van der Waals surface area contributed by atoms with Crippen LogP contribution in [0.1, 0.15) is 50.3 Å². The lowest BCUT2D eigenvalue weighted by atomic mass is 10.0. The third-order valence-electron chi connectivity index (χ3n) is 5.57. The molecule has 1 unspecified atom stereocenters. The second-order valence-electron chi connectivity index (χ2n) is 8.00. The first-order valence-electron chi connectivity index (χ1n) is 10.6. The minimum absolute atomic E-state index is 0.0118. The van der Waals surface area contributed by atoms with E-state index in [0.29, 0.717) is 12.1 Å². The van der Waals surface area contributed by atoms with Crippen molar-refractivity contribution < 1.29 is 36.3 Å². The van der Waals surface area contributed by atoms with Crippen molar-refractivity contribution >= 4 is 35.1 Å². The van der Waals surface area contributed by atoms with Crippen LogP contribution in [0.5, 0.6) is 0 Å². The smallest absolute Gasteiger partial charge is 0.352 e. The number of carbonyl (C=O) groups is 3. The largest absolute Gasteiger partial charge is 0.416 e. The Morgan fingerprint density at radius 1 is 1.11 bits per heavy atom. The summed E-state index contributed by atoms with van der Waals surface area (Å²) in [6, 6.07) is 3.45. The molecule has 1 atom stereocenters. The maximum absolute atomic E-state index is 14.1. The van der Waals surface area contributed by atoms with Crippen molar-refractivity contribution in [3.8, 4) is 0 Å². The molecule has 1 aromatic heterocycles. The maximum atomic E-state index is 14.1. The number of fused-ring (bicyclic) bond motifs is 1. The second kappa shape index (κ2) is 9.81. The predicted molar refractivity (Wildman–Crippen MR) is 121 cm³/mol. The van der Waals surface area contributed by atoms with Crippen LogP contribution in [0.4, 0.5) is 27.8 Å². The molecule has 3 N–H and O–H groups in total. The Bertz CT molecular complexity index is 1420. The highest BCUT2D eigenvalue weighted by atomic mass is 35.5. The van der Waals surface area contributed by atoms with Crippen molar-refractivity contribution in [1.29, 1.82) is 0 Å². The Morgan fingerprint density at radius 2 is 1.84 bits per heavy atom. The fourth-order valence-electron chi connectivity index (χ4n) is 3.90. The van der Waals surface area contributed by atoms with E-state index in [-0.39, 0.29) is 47.0 Å². The number of aromatic nitrogens is 2. The van der Waals surface area contributed by atoms with Gasteiger partial charge in [-0.25, -0.2) is 13.8 Å². The summed E-state index contributed by atoms with van der Waals surface area (Å²) in [6.45, 7) is -0.0750. The highest BCUT2D eigenvalue weighted by Crippen LogP contribution is 2.36. The number of hydrogen-bond donors (Lipinski definition) is 3. The Morgan fingerprint density at radius 3 is 2.51 bits per heavy atom. The van der Waals surface area contributed by atoms with Crippen molar-refractivity contribution in [2.45, 2.75) is 25.2 Å². The molecule has 1 aliphatic heterocycles. The van der Waals surface area contributed by atoms with Gasteiger partial charge in [-0.1, -0.05) is 11.6 Å². The summed E-state index contributed by atoms with van der Waals surface area (Å²) in [5, 5.41) is 7.34. The lowest BCUT2D eigenvalue weighted by Crippen LogP contribution is -2.29. The van der Waals surface area contributed by atoms with Gasteiger partial charge in [0, 0.05) is 36.2 Å². The van der Waals surface area contributed by atoms with E-state index in [0.717, 1.165) is 12.1 Å². The van der Waals surface area contributed by atoms with Gasteiger partial charge in [-0.3, -0.25) is 14.4 Å². The number of nitrogens with zero attached hydrogens (tertiary/aromatic N) is 2. The molecule has 8 nitrogen and oxygen atoms in total. The third-order valence-corrected chi connectivity index (χ3v) is 5.91. The highest BCUT2D eigenvalue weighted by Gasteiger charge is 2.35. The molecule has 194 valence electrons. The molecule has 0 aliphatic carbocycles. The zero-order chi connectivity index (χ0) is 27.1. The zero-order valence-corrected chi connectivity index (χ0v) is 19.6. The number of nitrogens with one attached hydrogen (secondary N) is 3. The molecule has 4 rings (SSSR count). The van der Waals surface area contributed by atoms with E-state index in [1.807, 2.05) is 0 Å². The van der Waals surface area contributed by atoms with Crippen molar-refractivity contribution in [3.63, 3.8) is 0 Å². The van der Waals surface area contributed by atoms with E-state index in [9.17, 15) is 36.3 Å². The first-order valence-corrected chi connectivity index (χ1v) is 11.0. The first kappa shape index (κ1) is 26.1. The summed E-state index contributed by atoms with van der Waals surface area (Å²) >= 11 is 6.26. The van der Waals surface area contributed by atoms with Crippen LogP contribution in [-0.2, 0) is 17.5 Å². The predicted octanol–water partition coefficient (Wildman–Crippen LogP) is 4.05. The fourth-order valence-corrected chi connectivity index (χ4v) is 4.13. The summed E-state index contributed by atoms with van der Waals surface area (Å²) in [5.74, 6) is -4.92. The van der Waals surface area contributed by atoms with E-state index in [1.165, 1.54) is 17.7 Å². The molecule has 37 heavy (non-hydrogen) atoms. The van der Waals surface area contributed by atoms with Crippen molar-refractivity contribution in [2.24, 2.45) is 0 Å². The SMILES string of the molecule is CNC(=O)c1nc(NC(=O)c2cc(F)cc(C(F)(F)F)c2)c2n1CCC(=O)NC2c1cc(F)ccc1Cl. The quantitative estimate of drug-likeness (QED) is 0.433. The zero-order valence-electron chi connectivity index (χ0n) is 18.8. The number of anilines is 1. The van der Waals surface area contributed by atoms with E-state index < -0.39 is 52.7 Å². The Hall–Kier alpha value is -4.00. The Balaban J connectivity index is 1.87. The molecule has 0 fully saturated rings. The van der Waals surface area contributed by atoms with Gasteiger partial charge in [-0.05, 0) is 36.4 Å². The molecule has 0 saturated heterocycles. The van der Waals surface area contributed by atoms with Gasteiger partial charge < -0.3 is 20.5 Å². The van der Waals surface area contributed by atoms with Gasteiger partial charge in [0.2, 0.25) is 11.7 Å². The summed E-state index contributed by atoms with van der Waals surface area (Å²) in [6.07, 6.45) is -5.04. The van der Waals surface area contributed by atoms with Crippen molar-refractivity contribution in [3.05, 3.63) is 81.3 Å². The number of benzene rings is 2. The molecule has 3 amide bonds. The molecule has 3 aromatic rings. The van der Waals surface area contributed by atoms with Crippen LogP contribution in [0.15, 0.2) is 36.4 Å². The molecular formula is C23H17ClF5N5O3. The first-order chi connectivity index (χ1) is 17.4. The number of hydrogen-bond acceptors (Lipinski definition) is 4. The lowest BCUT2D eigenvalue weighted by Gasteiger charge is -2.20. The fraction of sp³-hybridized carbons (Fsp3) is 0.217. The third kappa shape index (κ3) is 5.26.